The van der Waals surface area contributed by atoms with E-state index in [1.54, 1.807) is 43.3 Å². The standard InChI is InChI=1S/C38H38O9.C4H6O.C4H8/c1-8-10-18-43-33-23-30(28-15-17-31(45-24-39)35(21-28)42-7)34(44-19-11-9-2)22-29(33)14-12-27-13-16-32(46-37(40)25(3)4)36(20-27)47-38(41)26(5)6;1-4(2)3-5;1-4(2)3/h8-17,20-24H,3,5,18-19H2,1-2,4,6-7H3;3H,1H2,2H3;1H2,2-3H3/b10-8+,11-9+,14-12+;;. The summed E-state index contributed by atoms with van der Waals surface area (Å²) in [7, 11) is 1.49. The smallest absolute Gasteiger partial charge is 0.338 e. The largest absolute Gasteiger partial charge is 0.493 e. The Balaban J connectivity index is 0.00000156. The molecule has 3 aromatic carbocycles. The summed E-state index contributed by atoms with van der Waals surface area (Å²) in [6, 6.07) is 13.7. The van der Waals surface area contributed by atoms with Gasteiger partial charge in [0.25, 0.3) is 6.47 Å². The van der Waals surface area contributed by atoms with E-state index < -0.39 is 11.9 Å². The highest BCUT2D eigenvalue weighted by atomic mass is 16.6. The number of carbonyl (C=O) groups is 4. The number of methoxy groups -OCH3 is 1. The van der Waals surface area contributed by atoms with Gasteiger partial charge in [0.05, 0.1) is 7.11 Å². The number of rotatable bonds is 17. The Morgan fingerprint density at radius 2 is 1.18 bits per heavy atom. The molecule has 0 aliphatic heterocycles. The van der Waals surface area contributed by atoms with Gasteiger partial charge in [-0.05, 0) is 102 Å². The fourth-order valence-electron chi connectivity index (χ4n) is 3.98. The Morgan fingerprint density at radius 3 is 1.68 bits per heavy atom. The fourth-order valence-corrected chi connectivity index (χ4v) is 3.98. The number of esters is 2. The van der Waals surface area contributed by atoms with E-state index in [1.165, 1.54) is 32.6 Å². The SMILES string of the molecule is C=C(C)C.C=C(C)C(=O)Oc1ccc(/C=C/c2cc(OC/C=C/C)c(-c3ccc(OC=O)c(OC)c3)cc2OC/C=C/C)cc1OC(=O)C(=C)C.C=C(C)C=O. The lowest BCUT2D eigenvalue weighted by Crippen LogP contribution is -2.12. The van der Waals surface area contributed by atoms with Crippen molar-refractivity contribution >= 4 is 36.8 Å². The topological polar surface area (TPSA) is 124 Å². The normalized spacial score (nSPS) is 10.3. The van der Waals surface area contributed by atoms with Gasteiger partial charge in [0, 0.05) is 22.3 Å². The van der Waals surface area contributed by atoms with Crippen LogP contribution in [-0.4, -0.2) is 45.0 Å². The molecule has 0 radical (unpaired) electrons. The Labute approximate surface area is 330 Å². The highest BCUT2D eigenvalue weighted by molar-refractivity contribution is 5.91. The lowest BCUT2D eigenvalue weighted by molar-refractivity contribution is -0.132. The Bertz CT molecular complexity index is 1970. The Hall–Kier alpha value is -6.68. The maximum Gasteiger partial charge on any atom is 0.338 e. The summed E-state index contributed by atoms with van der Waals surface area (Å²) in [6.45, 7) is 27.5. The van der Waals surface area contributed by atoms with Crippen molar-refractivity contribution in [3.63, 3.8) is 0 Å². The van der Waals surface area contributed by atoms with E-state index in [-0.39, 0.29) is 28.4 Å². The first-order valence-electron chi connectivity index (χ1n) is 17.4. The van der Waals surface area contributed by atoms with Gasteiger partial charge in [-0.15, -0.1) is 6.58 Å². The summed E-state index contributed by atoms with van der Waals surface area (Å²) in [4.78, 5) is 44.9. The van der Waals surface area contributed by atoms with Crippen LogP contribution in [0.25, 0.3) is 23.3 Å². The summed E-state index contributed by atoms with van der Waals surface area (Å²) in [5.41, 5.74) is 4.91. The molecule has 0 atom stereocenters. The average molecular weight is 765 g/mol. The van der Waals surface area contributed by atoms with E-state index in [9.17, 15) is 19.2 Å². The summed E-state index contributed by atoms with van der Waals surface area (Å²) < 4.78 is 33.7. The van der Waals surface area contributed by atoms with Gasteiger partial charge >= 0.3 is 11.9 Å². The van der Waals surface area contributed by atoms with Crippen LogP contribution in [0.2, 0.25) is 0 Å². The first kappa shape index (κ1) is 47.3. The van der Waals surface area contributed by atoms with Crippen LogP contribution >= 0.6 is 0 Å². The Kier molecular flexibility index (Phi) is 21.4. The third kappa shape index (κ3) is 17.0. The molecule has 0 bridgehead atoms. The van der Waals surface area contributed by atoms with Crippen LogP contribution in [-0.2, 0) is 19.2 Å². The van der Waals surface area contributed by atoms with Gasteiger partial charge in [0.1, 0.15) is 31.0 Å². The molecule has 296 valence electrons. The van der Waals surface area contributed by atoms with Crippen LogP contribution in [0, 0.1) is 0 Å². The zero-order valence-electron chi connectivity index (χ0n) is 33.6. The molecule has 0 spiro atoms. The molecule has 0 heterocycles. The minimum absolute atomic E-state index is 0.0426. The van der Waals surface area contributed by atoms with Gasteiger partial charge in [-0.2, -0.15) is 0 Å². The molecule has 10 nitrogen and oxygen atoms in total. The van der Waals surface area contributed by atoms with Crippen molar-refractivity contribution in [2.24, 2.45) is 0 Å². The summed E-state index contributed by atoms with van der Waals surface area (Å²) >= 11 is 0. The predicted molar refractivity (Wildman–Crippen MR) is 223 cm³/mol. The zero-order chi connectivity index (χ0) is 42.2. The minimum atomic E-state index is -0.667. The van der Waals surface area contributed by atoms with E-state index >= 15 is 0 Å². The highest BCUT2D eigenvalue weighted by Crippen LogP contribution is 2.41. The van der Waals surface area contributed by atoms with Crippen LogP contribution in [0.15, 0.2) is 121 Å². The number of hydrogen-bond donors (Lipinski definition) is 0. The first-order chi connectivity index (χ1) is 26.6. The quantitative estimate of drug-likeness (QED) is 0.0328. The molecule has 56 heavy (non-hydrogen) atoms. The molecule has 0 aliphatic carbocycles. The fraction of sp³-hybridized carbons (Fsp3) is 0.217. The van der Waals surface area contributed by atoms with Crippen molar-refractivity contribution in [1.29, 1.82) is 0 Å². The van der Waals surface area contributed by atoms with Crippen LogP contribution in [0.3, 0.4) is 0 Å². The maximum atomic E-state index is 12.4. The molecular formula is C46H52O10. The van der Waals surface area contributed by atoms with E-state index in [1.807, 2.05) is 70.2 Å². The van der Waals surface area contributed by atoms with E-state index in [2.05, 4.69) is 26.3 Å². The van der Waals surface area contributed by atoms with Gasteiger partial charge in [0.2, 0.25) is 0 Å². The van der Waals surface area contributed by atoms with Crippen molar-refractivity contribution < 1.29 is 47.6 Å². The van der Waals surface area contributed by atoms with Crippen molar-refractivity contribution in [2.45, 2.75) is 48.5 Å². The predicted octanol–water partition coefficient (Wildman–Crippen LogP) is 10.3. The number of benzene rings is 3. The third-order valence-electron chi connectivity index (χ3n) is 6.63. The average Bonchev–Trinajstić information content (AvgIpc) is 3.15. The number of ether oxygens (including phenoxy) is 6. The molecule has 0 saturated carbocycles. The van der Waals surface area contributed by atoms with Crippen molar-refractivity contribution in [3.05, 3.63) is 133 Å². The van der Waals surface area contributed by atoms with Gasteiger partial charge < -0.3 is 28.4 Å². The van der Waals surface area contributed by atoms with Crippen LogP contribution in [0.4, 0.5) is 0 Å². The van der Waals surface area contributed by atoms with E-state index in [0.29, 0.717) is 53.6 Å². The van der Waals surface area contributed by atoms with Crippen LogP contribution < -0.4 is 28.4 Å². The molecule has 0 unspecified atom stereocenters. The second-order valence-corrected chi connectivity index (χ2v) is 12.3. The molecule has 3 rings (SSSR count). The molecule has 10 heteroatoms. The highest BCUT2D eigenvalue weighted by Gasteiger charge is 2.17. The minimum Gasteiger partial charge on any atom is -0.493 e. The van der Waals surface area contributed by atoms with Gasteiger partial charge in [0.15, 0.2) is 23.0 Å². The maximum absolute atomic E-state index is 12.4. The number of carbonyl (C=O) groups excluding carboxylic acids is 4. The molecule has 0 aromatic heterocycles. The lowest BCUT2D eigenvalue weighted by atomic mass is 10.00. The molecule has 0 fully saturated rings. The molecule has 0 saturated heterocycles. The van der Waals surface area contributed by atoms with Crippen LogP contribution in [0.1, 0.15) is 59.6 Å². The number of aldehydes is 1. The van der Waals surface area contributed by atoms with Crippen molar-refractivity contribution in [1.82, 2.24) is 0 Å². The molecule has 0 N–H and O–H groups in total. The van der Waals surface area contributed by atoms with Gasteiger partial charge in [-0.1, -0.05) is 73.9 Å². The zero-order valence-corrected chi connectivity index (χ0v) is 33.6. The number of hydrogen-bond acceptors (Lipinski definition) is 10. The summed E-state index contributed by atoms with van der Waals surface area (Å²) in [6.07, 6.45) is 11.9. The number of allylic oxidation sites excluding steroid dienone is 4. The van der Waals surface area contributed by atoms with Crippen molar-refractivity contribution in [3.8, 4) is 45.6 Å². The van der Waals surface area contributed by atoms with E-state index in [0.717, 1.165) is 17.4 Å². The molecule has 3 aromatic rings. The second-order valence-electron chi connectivity index (χ2n) is 12.3. The summed E-state index contributed by atoms with van der Waals surface area (Å²) in [5, 5.41) is 0. The first-order valence-corrected chi connectivity index (χ1v) is 17.4. The van der Waals surface area contributed by atoms with Gasteiger partial charge in [-0.25, -0.2) is 9.59 Å². The Morgan fingerprint density at radius 1 is 0.643 bits per heavy atom. The second kappa shape index (κ2) is 25.4. The molecule has 0 amide bonds. The summed E-state index contributed by atoms with van der Waals surface area (Å²) in [5.74, 6) is 0.545. The monoisotopic (exact) mass is 764 g/mol. The van der Waals surface area contributed by atoms with Crippen LogP contribution in [0.5, 0.6) is 34.5 Å². The lowest BCUT2D eigenvalue weighted by Gasteiger charge is -2.17. The third-order valence-corrected chi connectivity index (χ3v) is 6.63. The molecule has 0 aliphatic rings. The van der Waals surface area contributed by atoms with Crippen molar-refractivity contribution in [2.75, 3.05) is 20.3 Å². The molecular weight excluding hydrogens is 712 g/mol. The van der Waals surface area contributed by atoms with Gasteiger partial charge in [-0.3, -0.25) is 9.59 Å². The van der Waals surface area contributed by atoms with E-state index in [4.69, 9.17) is 28.4 Å².